The Morgan fingerprint density at radius 2 is 2.11 bits per heavy atom. The van der Waals surface area contributed by atoms with Crippen molar-refractivity contribution >= 4 is 5.82 Å². The van der Waals surface area contributed by atoms with Crippen LogP contribution >= 0.6 is 0 Å². The molecule has 0 atom stereocenters. The SMILES string of the molecule is Cn1cc(CNc2ccc(OC(F)(F)F)cn2)cn1. The maximum Gasteiger partial charge on any atom is 0.573 e. The second kappa shape index (κ2) is 5.17. The molecule has 2 rings (SSSR count). The molecule has 0 unspecified atom stereocenters. The molecule has 0 aromatic carbocycles. The third-order valence-electron chi connectivity index (χ3n) is 2.20. The summed E-state index contributed by atoms with van der Waals surface area (Å²) in [6.45, 7) is 0.486. The van der Waals surface area contributed by atoms with Crippen LogP contribution in [0, 0.1) is 0 Å². The summed E-state index contributed by atoms with van der Waals surface area (Å²) in [6, 6.07) is 2.61. The van der Waals surface area contributed by atoms with Gasteiger partial charge in [-0.3, -0.25) is 4.68 Å². The van der Waals surface area contributed by atoms with Gasteiger partial charge < -0.3 is 10.1 Å². The lowest BCUT2D eigenvalue weighted by Gasteiger charge is -2.09. The number of hydrogen-bond acceptors (Lipinski definition) is 4. The van der Waals surface area contributed by atoms with E-state index >= 15 is 0 Å². The van der Waals surface area contributed by atoms with E-state index in [0.29, 0.717) is 12.4 Å². The van der Waals surface area contributed by atoms with E-state index in [1.165, 1.54) is 12.1 Å². The summed E-state index contributed by atoms with van der Waals surface area (Å²) >= 11 is 0. The Balaban J connectivity index is 1.91. The van der Waals surface area contributed by atoms with E-state index in [9.17, 15) is 13.2 Å². The highest BCUT2D eigenvalue weighted by Gasteiger charge is 2.31. The third-order valence-corrected chi connectivity index (χ3v) is 2.20. The smallest absolute Gasteiger partial charge is 0.404 e. The number of pyridine rings is 1. The van der Waals surface area contributed by atoms with E-state index in [1.807, 2.05) is 6.20 Å². The molecule has 19 heavy (non-hydrogen) atoms. The summed E-state index contributed by atoms with van der Waals surface area (Å²) in [6.07, 6.45) is -0.173. The first kappa shape index (κ1) is 13.2. The van der Waals surface area contributed by atoms with Gasteiger partial charge in [0, 0.05) is 25.4 Å². The van der Waals surface area contributed by atoms with Crippen molar-refractivity contribution in [3.05, 3.63) is 36.3 Å². The molecule has 0 spiro atoms. The summed E-state index contributed by atoms with van der Waals surface area (Å²) in [7, 11) is 1.80. The zero-order valence-electron chi connectivity index (χ0n) is 9.98. The van der Waals surface area contributed by atoms with Gasteiger partial charge in [0.15, 0.2) is 0 Å². The number of aromatic nitrogens is 3. The number of ether oxygens (including phenoxy) is 1. The number of alkyl halides is 3. The van der Waals surface area contributed by atoms with Gasteiger partial charge in [0.05, 0.1) is 12.4 Å². The first-order valence-electron chi connectivity index (χ1n) is 5.35. The molecule has 102 valence electrons. The first-order valence-corrected chi connectivity index (χ1v) is 5.35. The average molecular weight is 272 g/mol. The highest BCUT2D eigenvalue weighted by atomic mass is 19.4. The quantitative estimate of drug-likeness (QED) is 0.928. The normalized spacial score (nSPS) is 11.4. The highest BCUT2D eigenvalue weighted by Crippen LogP contribution is 2.22. The van der Waals surface area contributed by atoms with Crippen LogP contribution in [0.5, 0.6) is 5.75 Å². The summed E-state index contributed by atoms with van der Waals surface area (Å²) in [5, 5.41) is 6.96. The van der Waals surface area contributed by atoms with Crippen molar-refractivity contribution in [3.63, 3.8) is 0 Å². The molecule has 0 aliphatic heterocycles. The Morgan fingerprint density at radius 1 is 1.32 bits per heavy atom. The van der Waals surface area contributed by atoms with Crippen molar-refractivity contribution in [2.45, 2.75) is 12.9 Å². The summed E-state index contributed by atoms with van der Waals surface area (Å²) in [5.41, 5.74) is 0.944. The highest BCUT2D eigenvalue weighted by molar-refractivity contribution is 5.38. The van der Waals surface area contributed by atoms with Crippen LogP contribution in [0.3, 0.4) is 0 Å². The third kappa shape index (κ3) is 4.16. The van der Waals surface area contributed by atoms with Crippen LogP contribution in [0.15, 0.2) is 30.7 Å². The van der Waals surface area contributed by atoms with E-state index in [1.54, 1.807) is 17.9 Å². The number of anilines is 1. The van der Waals surface area contributed by atoms with Crippen LogP contribution in [-0.2, 0) is 13.6 Å². The number of halogens is 3. The van der Waals surface area contributed by atoms with Crippen LogP contribution in [0.25, 0.3) is 0 Å². The molecule has 0 saturated heterocycles. The van der Waals surface area contributed by atoms with E-state index in [2.05, 4.69) is 20.1 Å². The van der Waals surface area contributed by atoms with Crippen molar-refractivity contribution in [3.8, 4) is 5.75 Å². The second-order valence-electron chi connectivity index (χ2n) is 3.80. The molecule has 2 aromatic heterocycles. The lowest BCUT2D eigenvalue weighted by Crippen LogP contribution is -2.17. The topological polar surface area (TPSA) is 52.0 Å². The predicted octanol–water partition coefficient (Wildman–Crippen LogP) is 2.33. The molecule has 0 fully saturated rings. The number of nitrogens with zero attached hydrogens (tertiary/aromatic N) is 3. The molecule has 1 N–H and O–H groups in total. The van der Waals surface area contributed by atoms with Crippen LogP contribution in [0.2, 0.25) is 0 Å². The minimum absolute atomic E-state index is 0.348. The molecule has 0 aliphatic carbocycles. The fourth-order valence-electron chi connectivity index (χ4n) is 1.43. The van der Waals surface area contributed by atoms with Gasteiger partial charge in [0.2, 0.25) is 0 Å². The monoisotopic (exact) mass is 272 g/mol. The van der Waals surface area contributed by atoms with E-state index in [4.69, 9.17) is 0 Å². The van der Waals surface area contributed by atoms with Crippen molar-refractivity contribution in [2.75, 3.05) is 5.32 Å². The molecule has 2 heterocycles. The van der Waals surface area contributed by atoms with Crippen molar-refractivity contribution < 1.29 is 17.9 Å². The Hall–Kier alpha value is -2.25. The number of rotatable bonds is 4. The molecule has 0 amide bonds. The van der Waals surface area contributed by atoms with Gasteiger partial charge in [-0.1, -0.05) is 0 Å². The molecule has 0 radical (unpaired) electrons. The van der Waals surface area contributed by atoms with Gasteiger partial charge in [-0.2, -0.15) is 5.10 Å². The average Bonchev–Trinajstić information content (AvgIpc) is 2.72. The van der Waals surface area contributed by atoms with Crippen molar-refractivity contribution in [1.82, 2.24) is 14.8 Å². The molecule has 8 heteroatoms. The standard InChI is InChI=1S/C11H11F3N4O/c1-18-7-8(5-17-18)4-15-10-3-2-9(6-16-10)19-11(12,13)14/h2-3,5-7H,4H2,1H3,(H,15,16). The second-order valence-corrected chi connectivity index (χ2v) is 3.80. The largest absolute Gasteiger partial charge is 0.573 e. The fourth-order valence-corrected chi connectivity index (χ4v) is 1.43. The number of nitrogens with one attached hydrogen (secondary N) is 1. The van der Waals surface area contributed by atoms with E-state index < -0.39 is 6.36 Å². The van der Waals surface area contributed by atoms with Crippen LogP contribution in [0.4, 0.5) is 19.0 Å². The van der Waals surface area contributed by atoms with Gasteiger partial charge in [-0.05, 0) is 12.1 Å². The van der Waals surface area contributed by atoms with Gasteiger partial charge in [0.25, 0.3) is 0 Å². The summed E-state index contributed by atoms with van der Waals surface area (Å²) in [5.74, 6) is 0.109. The number of hydrogen-bond donors (Lipinski definition) is 1. The molecule has 0 aliphatic rings. The molecule has 5 nitrogen and oxygen atoms in total. The van der Waals surface area contributed by atoms with E-state index in [-0.39, 0.29) is 5.75 Å². The maximum absolute atomic E-state index is 11.9. The van der Waals surface area contributed by atoms with E-state index in [0.717, 1.165) is 11.8 Å². The van der Waals surface area contributed by atoms with Gasteiger partial charge in [-0.25, -0.2) is 4.98 Å². The summed E-state index contributed by atoms with van der Waals surface area (Å²) < 4.78 is 41.2. The van der Waals surface area contributed by atoms with Crippen molar-refractivity contribution in [1.29, 1.82) is 0 Å². The molecular formula is C11H11F3N4O. The number of aryl methyl sites for hydroxylation is 1. The fraction of sp³-hybridized carbons (Fsp3) is 0.273. The lowest BCUT2D eigenvalue weighted by molar-refractivity contribution is -0.274. The Kier molecular flexibility index (Phi) is 3.59. The maximum atomic E-state index is 11.9. The zero-order chi connectivity index (χ0) is 13.9. The van der Waals surface area contributed by atoms with Gasteiger partial charge in [-0.15, -0.1) is 13.2 Å². The van der Waals surface area contributed by atoms with Gasteiger partial charge >= 0.3 is 6.36 Å². The molecule has 2 aromatic rings. The zero-order valence-corrected chi connectivity index (χ0v) is 9.98. The van der Waals surface area contributed by atoms with Crippen LogP contribution < -0.4 is 10.1 Å². The minimum atomic E-state index is -4.70. The first-order chi connectivity index (χ1) is 8.92. The minimum Gasteiger partial charge on any atom is -0.404 e. The van der Waals surface area contributed by atoms with Gasteiger partial charge in [0.1, 0.15) is 11.6 Å². The Bertz CT molecular complexity index is 536. The lowest BCUT2D eigenvalue weighted by atomic mass is 10.3. The predicted molar refractivity (Wildman–Crippen MR) is 61.5 cm³/mol. The molecule has 0 saturated carbocycles. The molecular weight excluding hydrogens is 261 g/mol. The Morgan fingerprint density at radius 3 is 2.63 bits per heavy atom. The van der Waals surface area contributed by atoms with Crippen molar-refractivity contribution in [2.24, 2.45) is 7.05 Å². The van der Waals surface area contributed by atoms with Crippen LogP contribution in [-0.4, -0.2) is 21.1 Å². The molecule has 0 bridgehead atoms. The Labute approximate surface area is 107 Å². The summed E-state index contributed by atoms with van der Waals surface area (Å²) in [4.78, 5) is 3.82. The van der Waals surface area contributed by atoms with Crippen LogP contribution in [0.1, 0.15) is 5.56 Å².